The average Bonchev–Trinajstić information content (AvgIpc) is 2.93. The van der Waals surface area contributed by atoms with Crippen molar-refractivity contribution in [2.24, 2.45) is 0 Å². The fraction of sp³-hybridized carbons (Fsp3) is 0.133. The second kappa shape index (κ2) is 6.21. The van der Waals surface area contributed by atoms with Crippen LogP contribution in [0.1, 0.15) is 6.92 Å². The van der Waals surface area contributed by atoms with Gasteiger partial charge in [0.1, 0.15) is 16.9 Å². The van der Waals surface area contributed by atoms with Gasteiger partial charge < -0.3 is 10.2 Å². The highest BCUT2D eigenvalue weighted by molar-refractivity contribution is 6.33. The van der Waals surface area contributed by atoms with E-state index < -0.39 is 17.8 Å². The quantitative estimate of drug-likeness (QED) is 0.796. The number of fused-ring (bicyclic) bond motifs is 1. The summed E-state index contributed by atoms with van der Waals surface area (Å²) in [5.74, 6) is -0.926. The largest absolute Gasteiger partial charge is 0.382 e. The molecule has 0 aliphatic heterocycles. The number of carbonyl (C=O) groups excluding carboxylic acids is 1. The fourth-order valence-electron chi connectivity index (χ4n) is 1.95. The van der Waals surface area contributed by atoms with Crippen LogP contribution in [0.5, 0.6) is 0 Å². The molecule has 3 aromatic rings. The minimum Gasteiger partial charge on any atom is -0.382 e. The van der Waals surface area contributed by atoms with E-state index in [9.17, 15) is 9.18 Å². The maximum Gasteiger partial charge on any atom is 0.268 e. The van der Waals surface area contributed by atoms with Gasteiger partial charge in [-0.05, 0) is 42.5 Å². The molecular weight excluding hydrogens is 323 g/mol. The first-order valence-corrected chi connectivity index (χ1v) is 7.16. The van der Waals surface area contributed by atoms with Crippen molar-refractivity contribution >= 4 is 34.2 Å². The molecule has 0 radical (unpaired) electrons. The van der Waals surface area contributed by atoms with Gasteiger partial charge in [-0.25, -0.2) is 4.39 Å². The van der Waals surface area contributed by atoms with Crippen molar-refractivity contribution < 1.29 is 14.0 Å². The zero-order valence-corrected chi connectivity index (χ0v) is 12.8. The van der Waals surface area contributed by atoms with Crippen molar-refractivity contribution in [3.63, 3.8) is 0 Å². The van der Waals surface area contributed by atoms with Gasteiger partial charge in [-0.3, -0.25) is 4.79 Å². The van der Waals surface area contributed by atoms with Gasteiger partial charge in [0.2, 0.25) is 6.10 Å². The Bertz CT molecular complexity index is 868. The molecule has 3 rings (SSSR count). The van der Waals surface area contributed by atoms with Gasteiger partial charge in [0.25, 0.3) is 5.91 Å². The van der Waals surface area contributed by atoms with E-state index in [-0.39, 0.29) is 5.02 Å². The Hall–Kier alpha value is -2.67. The van der Waals surface area contributed by atoms with Crippen LogP contribution in [0.2, 0.25) is 5.02 Å². The molecular formula is C15H12ClFN4O2. The number of para-hydroxylation sites is 1. The van der Waals surface area contributed by atoms with Crippen LogP contribution in [0.3, 0.4) is 0 Å². The molecule has 0 saturated heterocycles. The Kier molecular flexibility index (Phi) is 4.12. The maximum atomic E-state index is 13.0. The van der Waals surface area contributed by atoms with Crippen LogP contribution in [0.4, 0.5) is 10.1 Å². The smallest absolute Gasteiger partial charge is 0.268 e. The minimum atomic E-state index is -0.860. The third kappa shape index (κ3) is 3.24. The molecule has 8 heteroatoms. The molecule has 0 spiro atoms. The SMILES string of the molecule is C[C@H](On1nnc2ccccc21)C(=O)Nc1ccc(F)cc1Cl. The molecule has 0 aliphatic carbocycles. The summed E-state index contributed by atoms with van der Waals surface area (Å²) in [6.07, 6.45) is -0.860. The van der Waals surface area contributed by atoms with Crippen molar-refractivity contribution in [2.45, 2.75) is 13.0 Å². The van der Waals surface area contributed by atoms with E-state index in [1.807, 2.05) is 12.1 Å². The number of anilines is 1. The van der Waals surface area contributed by atoms with E-state index in [1.54, 1.807) is 19.1 Å². The summed E-state index contributed by atoms with van der Waals surface area (Å²) in [5.41, 5.74) is 1.60. The van der Waals surface area contributed by atoms with Gasteiger partial charge >= 0.3 is 0 Å². The number of halogens is 2. The highest BCUT2D eigenvalue weighted by Crippen LogP contribution is 2.22. The molecule has 0 unspecified atom stereocenters. The third-order valence-corrected chi connectivity index (χ3v) is 3.45. The second-order valence-corrected chi connectivity index (χ2v) is 5.22. The molecule has 0 fully saturated rings. The van der Waals surface area contributed by atoms with Crippen molar-refractivity contribution in [1.82, 2.24) is 15.2 Å². The predicted molar refractivity (Wildman–Crippen MR) is 83.6 cm³/mol. The Morgan fingerprint density at radius 3 is 2.91 bits per heavy atom. The molecule has 118 valence electrons. The Morgan fingerprint density at radius 2 is 2.13 bits per heavy atom. The average molecular weight is 335 g/mol. The van der Waals surface area contributed by atoms with Crippen LogP contribution in [0, 0.1) is 5.82 Å². The van der Waals surface area contributed by atoms with Crippen LogP contribution in [0.25, 0.3) is 11.0 Å². The minimum absolute atomic E-state index is 0.108. The van der Waals surface area contributed by atoms with Crippen LogP contribution in [0.15, 0.2) is 42.5 Å². The fourth-order valence-corrected chi connectivity index (χ4v) is 2.16. The molecule has 1 atom stereocenters. The molecule has 6 nitrogen and oxygen atoms in total. The van der Waals surface area contributed by atoms with Crippen LogP contribution >= 0.6 is 11.6 Å². The number of aromatic nitrogens is 3. The van der Waals surface area contributed by atoms with E-state index in [4.69, 9.17) is 16.4 Å². The van der Waals surface area contributed by atoms with Crippen molar-refractivity contribution in [3.8, 4) is 0 Å². The van der Waals surface area contributed by atoms with Gasteiger partial charge in [-0.2, -0.15) is 0 Å². The number of nitrogens with zero attached hydrogens (tertiary/aromatic N) is 3. The molecule has 2 aromatic carbocycles. The van der Waals surface area contributed by atoms with Crippen LogP contribution in [-0.2, 0) is 4.79 Å². The molecule has 23 heavy (non-hydrogen) atoms. The van der Waals surface area contributed by atoms with Gasteiger partial charge in [0.05, 0.1) is 10.7 Å². The summed E-state index contributed by atoms with van der Waals surface area (Å²) in [7, 11) is 0. The standard InChI is InChI=1S/C15H12ClFN4O2/c1-9(15(22)18-12-7-6-10(17)8-11(12)16)23-21-14-5-3-2-4-13(14)19-20-21/h2-9H,1H3,(H,18,22)/t9-/m0/s1. The Morgan fingerprint density at radius 1 is 1.35 bits per heavy atom. The lowest BCUT2D eigenvalue weighted by atomic mass is 10.3. The lowest BCUT2D eigenvalue weighted by Crippen LogP contribution is -2.35. The van der Waals surface area contributed by atoms with E-state index in [2.05, 4.69) is 15.6 Å². The summed E-state index contributed by atoms with van der Waals surface area (Å²) in [6.45, 7) is 1.56. The number of nitrogens with one attached hydrogen (secondary N) is 1. The Labute approximate surface area is 135 Å². The molecule has 1 N–H and O–H groups in total. The topological polar surface area (TPSA) is 69.0 Å². The summed E-state index contributed by atoms with van der Waals surface area (Å²) in [6, 6.07) is 10.9. The van der Waals surface area contributed by atoms with Gasteiger partial charge in [0.15, 0.2) is 0 Å². The Balaban J connectivity index is 1.72. The molecule has 0 aliphatic rings. The molecule has 1 amide bonds. The summed E-state index contributed by atoms with van der Waals surface area (Å²) < 4.78 is 13.0. The maximum absolute atomic E-state index is 13.0. The third-order valence-electron chi connectivity index (χ3n) is 3.14. The van der Waals surface area contributed by atoms with Crippen LogP contribution in [-0.4, -0.2) is 27.2 Å². The first kappa shape index (κ1) is 15.2. The van der Waals surface area contributed by atoms with Crippen molar-refractivity contribution in [3.05, 3.63) is 53.3 Å². The first-order valence-electron chi connectivity index (χ1n) is 6.78. The number of hydrogen-bond acceptors (Lipinski definition) is 4. The molecule has 0 saturated carbocycles. The lowest BCUT2D eigenvalue weighted by Gasteiger charge is -2.14. The first-order chi connectivity index (χ1) is 11.0. The number of hydrogen-bond donors (Lipinski definition) is 1. The second-order valence-electron chi connectivity index (χ2n) is 4.81. The highest BCUT2D eigenvalue weighted by atomic mass is 35.5. The van der Waals surface area contributed by atoms with Gasteiger partial charge in [-0.15, -0.1) is 5.10 Å². The number of rotatable bonds is 4. The molecule has 1 heterocycles. The van der Waals surface area contributed by atoms with Crippen molar-refractivity contribution in [2.75, 3.05) is 5.32 Å². The van der Waals surface area contributed by atoms with E-state index in [0.717, 1.165) is 6.07 Å². The monoisotopic (exact) mass is 334 g/mol. The molecule has 0 bridgehead atoms. The van der Waals surface area contributed by atoms with E-state index >= 15 is 0 Å². The van der Waals surface area contributed by atoms with Gasteiger partial charge in [-0.1, -0.05) is 28.6 Å². The van der Waals surface area contributed by atoms with E-state index in [1.165, 1.54) is 17.0 Å². The summed E-state index contributed by atoms with van der Waals surface area (Å²) >= 11 is 5.88. The number of amides is 1. The predicted octanol–water partition coefficient (Wildman–Crippen LogP) is 2.68. The lowest BCUT2D eigenvalue weighted by molar-refractivity contribution is -0.127. The zero-order valence-electron chi connectivity index (χ0n) is 12.0. The van der Waals surface area contributed by atoms with Gasteiger partial charge in [0, 0.05) is 0 Å². The number of carbonyl (C=O) groups is 1. The van der Waals surface area contributed by atoms with Crippen molar-refractivity contribution in [1.29, 1.82) is 0 Å². The molecule has 1 aromatic heterocycles. The zero-order chi connectivity index (χ0) is 16.4. The normalized spacial score (nSPS) is 12.1. The summed E-state index contributed by atoms with van der Waals surface area (Å²) in [5, 5.41) is 10.5. The number of benzene rings is 2. The van der Waals surface area contributed by atoms with Crippen LogP contribution < -0.4 is 10.2 Å². The highest BCUT2D eigenvalue weighted by Gasteiger charge is 2.18. The van der Waals surface area contributed by atoms with E-state index in [0.29, 0.717) is 16.7 Å². The summed E-state index contributed by atoms with van der Waals surface area (Å²) in [4.78, 5) is 18.8.